The van der Waals surface area contributed by atoms with Gasteiger partial charge in [0.2, 0.25) is 0 Å². The molecule has 182 valence electrons. The summed E-state index contributed by atoms with van der Waals surface area (Å²) in [5.74, 6) is 1.87. The van der Waals surface area contributed by atoms with Gasteiger partial charge in [-0.25, -0.2) is 0 Å². The first-order chi connectivity index (χ1) is 16.4. The van der Waals surface area contributed by atoms with Crippen LogP contribution >= 0.6 is 0 Å². The molecule has 0 amide bonds. The van der Waals surface area contributed by atoms with Crippen molar-refractivity contribution in [2.45, 2.75) is 64.1 Å². The molecule has 5 heteroatoms. The van der Waals surface area contributed by atoms with E-state index >= 15 is 0 Å². The third-order valence-corrected chi connectivity index (χ3v) is 8.41. The average Bonchev–Trinajstić information content (AvgIpc) is 3.56. The molecule has 3 aliphatic rings. The van der Waals surface area contributed by atoms with Crippen LogP contribution in [0.5, 0.6) is 11.5 Å². The number of ether oxygens (including phenoxy) is 3. The molecule has 0 aromatic heterocycles. The molecule has 1 N–H and O–H groups in total. The molecular weight excluding hydrogens is 428 g/mol. The third-order valence-electron chi connectivity index (χ3n) is 8.41. The van der Waals surface area contributed by atoms with Crippen LogP contribution in [0.2, 0.25) is 0 Å². The van der Waals surface area contributed by atoms with Crippen molar-refractivity contribution in [1.82, 2.24) is 0 Å². The number of aliphatic hydroxyl groups is 1. The van der Waals surface area contributed by atoms with Gasteiger partial charge in [0, 0.05) is 24.7 Å². The molecule has 5 nitrogen and oxygen atoms in total. The van der Waals surface area contributed by atoms with Crippen LogP contribution in [0.4, 0.5) is 0 Å². The lowest BCUT2D eigenvalue weighted by Gasteiger charge is -2.37. The van der Waals surface area contributed by atoms with Gasteiger partial charge in [-0.05, 0) is 60.9 Å². The van der Waals surface area contributed by atoms with Crippen molar-refractivity contribution in [1.29, 1.82) is 0 Å². The second-order valence-corrected chi connectivity index (χ2v) is 10.6. The Morgan fingerprint density at radius 3 is 2.47 bits per heavy atom. The maximum absolute atomic E-state index is 13.9. The predicted octanol–water partition coefficient (Wildman–Crippen LogP) is 4.73. The van der Waals surface area contributed by atoms with Crippen molar-refractivity contribution in [3.63, 3.8) is 0 Å². The van der Waals surface area contributed by atoms with Gasteiger partial charge in [-0.2, -0.15) is 0 Å². The lowest BCUT2D eigenvalue weighted by Crippen LogP contribution is -2.48. The molecule has 2 aromatic rings. The first kappa shape index (κ1) is 23.4. The molecule has 34 heavy (non-hydrogen) atoms. The fraction of sp³-hybridized carbons (Fsp3) is 0.552. The topological polar surface area (TPSA) is 65.0 Å². The number of methoxy groups -OCH3 is 1. The molecule has 5 unspecified atom stereocenters. The van der Waals surface area contributed by atoms with Crippen molar-refractivity contribution in [2.75, 3.05) is 20.3 Å². The van der Waals surface area contributed by atoms with Crippen molar-refractivity contribution in [2.24, 2.45) is 17.3 Å². The number of benzene rings is 2. The molecule has 2 aromatic carbocycles. The lowest BCUT2D eigenvalue weighted by molar-refractivity contribution is -0.140. The molecule has 1 saturated carbocycles. The Kier molecular flexibility index (Phi) is 6.43. The zero-order valence-corrected chi connectivity index (χ0v) is 20.5. The summed E-state index contributed by atoms with van der Waals surface area (Å²) in [7, 11) is 1.65. The summed E-state index contributed by atoms with van der Waals surface area (Å²) < 4.78 is 18.0. The van der Waals surface area contributed by atoms with Crippen molar-refractivity contribution in [3.8, 4) is 11.5 Å². The van der Waals surface area contributed by atoms with Crippen molar-refractivity contribution >= 4 is 5.78 Å². The molecule has 5 atom stereocenters. The molecule has 5 rings (SSSR count). The van der Waals surface area contributed by atoms with Gasteiger partial charge in [0.15, 0.2) is 11.5 Å². The molecule has 0 radical (unpaired) electrons. The number of hydrogen-bond acceptors (Lipinski definition) is 5. The number of fused-ring (bicyclic) bond motifs is 1. The highest BCUT2D eigenvalue weighted by Crippen LogP contribution is 2.50. The van der Waals surface area contributed by atoms with E-state index in [1.807, 2.05) is 18.2 Å². The number of ketones is 1. The minimum Gasteiger partial charge on any atom is -0.493 e. The summed E-state index contributed by atoms with van der Waals surface area (Å²) in [5, 5.41) is 11.0. The van der Waals surface area contributed by atoms with Gasteiger partial charge in [0.25, 0.3) is 0 Å². The molecule has 1 heterocycles. The Labute approximate surface area is 202 Å². The van der Waals surface area contributed by atoms with Crippen molar-refractivity contribution in [3.05, 3.63) is 59.2 Å². The van der Waals surface area contributed by atoms with Gasteiger partial charge in [0.05, 0.1) is 31.8 Å². The van der Waals surface area contributed by atoms with E-state index in [0.717, 1.165) is 37.7 Å². The van der Waals surface area contributed by atoms with E-state index in [1.165, 1.54) is 11.1 Å². The highest BCUT2D eigenvalue weighted by Gasteiger charge is 2.56. The normalized spacial score (nSPS) is 29.7. The number of hydrogen-bond donors (Lipinski definition) is 1. The number of Topliss-reactive ketones (excluding diaryl/α,β-unsaturated/α-hetero) is 1. The Hall–Kier alpha value is -2.37. The maximum Gasteiger partial charge on any atom is 0.161 e. The Morgan fingerprint density at radius 1 is 1.12 bits per heavy atom. The Morgan fingerprint density at radius 2 is 1.85 bits per heavy atom. The molecular formula is C29H36O5. The summed E-state index contributed by atoms with van der Waals surface area (Å²) in [6, 6.07) is 14.4. The summed E-state index contributed by atoms with van der Waals surface area (Å²) in [6.07, 6.45) is 3.86. The molecule has 0 bridgehead atoms. The molecule has 0 spiro atoms. The van der Waals surface area contributed by atoms with Crippen LogP contribution in [0, 0.1) is 17.3 Å². The minimum absolute atomic E-state index is 0.000221. The maximum atomic E-state index is 13.9. The quantitative estimate of drug-likeness (QED) is 0.642. The van der Waals surface area contributed by atoms with Crippen LogP contribution in [-0.4, -0.2) is 43.4 Å². The van der Waals surface area contributed by atoms with Crippen LogP contribution in [0.25, 0.3) is 0 Å². The minimum atomic E-state index is -0.926. The second kappa shape index (κ2) is 9.35. The summed E-state index contributed by atoms with van der Waals surface area (Å²) in [6.45, 7) is 4.63. The van der Waals surface area contributed by atoms with Crippen LogP contribution in [-0.2, 0) is 22.4 Å². The van der Waals surface area contributed by atoms with Gasteiger partial charge >= 0.3 is 0 Å². The van der Waals surface area contributed by atoms with E-state index in [1.54, 1.807) is 14.0 Å². The van der Waals surface area contributed by atoms with Crippen LogP contribution in [0.3, 0.4) is 0 Å². The fourth-order valence-corrected chi connectivity index (χ4v) is 6.46. The monoisotopic (exact) mass is 464 g/mol. The molecule has 2 aliphatic carbocycles. The van der Waals surface area contributed by atoms with Gasteiger partial charge < -0.3 is 19.3 Å². The highest BCUT2D eigenvalue weighted by atomic mass is 16.5. The van der Waals surface area contributed by atoms with E-state index < -0.39 is 11.5 Å². The lowest BCUT2D eigenvalue weighted by atomic mass is 9.65. The summed E-state index contributed by atoms with van der Waals surface area (Å²) in [4.78, 5) is 13.9. The predicted molar refractivity (Wildman–Crippen MR) is 130 cm³/mol. The van der Waals surface area contributed by atoms with Crippen LogP contribution < -0.4 is 9.47 Å². The standard InChI is InChI=1S/C29H36O5/c1-18-8-9-23(12-18)28(31)29(19(2)30)17-33-16-25(29)22-10-11-26(32-3)27(15-22)34-24-13-20-6-4-5-7-21(20)14-24/h4-7,10-11,15,18-19,23-25,30H,8-9,12-14,16-17H2,1-3H3. The second-order valence-electron chi connectivity index (χ2n) is 10.6. The first-order valence-electron chi connectivity index (χ1n) is 12.6. The molecule has 2 fully saturated rings. The largest absolute Gasteiger partial charge is 0.493 e. The number of carbonyl (C=O) groups excluding carboxylic acids is 1. The van der Waals surface area contributed by atoms with Crippen LogP contribution in [0.15, 0.2) is 42.5 Å². The van der Waals surface area contributed by atoms with E-state index in [-0.39, 0.29) is 30.3 Å². The van der Waals surface area contributed by atoms with E-state index in [2.05, 4.69) is 31.2 Å². The van der Waals surface area contributed by atoms with Gasteiger partial charge in [-0.3, -0.25) is 4.79 Å². The Balaban J connectivity index is 1.44. The Bertz CT molecular complexity index is 1020. The zero-order valence-electron chi connectivity index (χ0n) is 20.5. The van der Waals surface area contributed by atoms with E-state index in [0.29, 0.717) is 24.0 Å². The van der Waals surface area contributed by atoms with E-state index in [4.69, 9.17) is 14.2 Å². The van der Waals surface area contributed by atoms with Crippen LogP contribution in [0.1, 0.15) is 55.7 Å². The number of carbonyl (C=O) groups is 1. The van der Waals surface area contributed by atoms with Gasteiger partial charge in [-0.1, -0.05) is 37.3 Å². The first-order valence-corrected chi connectivity index (χ1v) is 12.6. The van der Waals surface area contributed by atoms with E-state index in [9.17, 15) is 9.90 Å². The smallest absolute Gasteiger partial charge is 0.161 e. The molecule has 1 saturated heterocycles. The zero-order chi connectivity index (χ0) is 23.9. The molecule has 1 aliphatic heterocycles. The number of aliphatic hydroxyl groups excluding tert-OH is 1. The fourth-order valence-electron chi connectivity index (χ4n) is 6.46. The summed E-state index contributed by atoms with van der Waals surface area (Å²) in [5.41, 5.74) is 2.70. The summed E-state index contributed by atoms with van der Waals surface area (Å²) >= 11 is 0. The van der Waals surface area contributed by atoms with Gasteiger partial charge in [0.1, 0.15) is 11.9 Å². The third kappa shape index (κ3) is 4.03. The SMILES string of the molecule is COc1ccc(C2COCC2(C(=O)C2CCC(C)C2)C(C)O)cc1OC1Cc2ccccc2C1. The highest BCUT2D eigenvalue weighted by molar-refractivity contribution is 5.89. The average molecular weight is 465 g/mol. The van der Waals surface area contributed by atoms with Gasteiger partial charge in [-0.15, -0.1) is 0 Å². The number of rotatable bonds is 7. The van der Waals surface area contributed by atoms with Crippen molar-refractivity contribution < 1.29 is 24.1 Å².